The highest BCUT2D eigenvalue weighted by molar-refractivity contribution is 5.85. The number of rotatable bonds is 2. The Morgan fingerprint density at radius 1 is 1.50 bits per heavy atom. The molecule has 0 aromatic carbocycles. The first-order valence-corrected chi connectivity index (χ1v) is 5.59. The van der Waals surface area contributed by atoms with Gasteiger partial charge in [-0.25, -0.2) is 4.98 Å². The van der Waals surface area contributed by atoms with Crippen molar-refractivity contribution in [2.45, 2.75) is 32.5 Å². The molecule has 2 unspecified atom stereocenters. The zero-order valence-electron chi connectivity index (χ0n) is 10.2. The van der Waals surface area contributed by atoms with E-state index >= 15 is 0 Å². The van der Waals surface area contributed by atoms with E-state index in [1.165, 1.54) is 5.69 Å². The smallest absolute Gasteiger partial charge is 0.0945 e. The van der Waals surface area contributed by atoms with Crippen molar-refractivity contribution in [1.29, 1.82) is 0 Å². The van der Waals surface area contributed by atoms with Gasteiger partial charge < -0.3 is 9.88 Å². The number of hydrogen-bond acceptors (Lipinski definition) is 3. The van der Waals surface area contributed by atoms with E-state index in [4.69, 9.17) is 0 Å². The standard InChI is InChI=1S/C11H20N4.ClH/c1-9-6-15(10(2)4-13-9)7-11-5-12-8-14(11)3;/h5,8-10,13H,4,6-7H2,1-3H3;1H. The Bertz CT molecular complexity index is 326. The largest absolute Gasteiger partial charge is 0.337 e. The van der Waals surface area contributed by atoms with Gasteiger partial charge in [0.25, 0.3) is 0 Å². The molecule has 5 heteroatoms. The maximum atomic E-state index is 4.15. The Kier molecular flexibility index (Phi) is 4.77. The summed E-state index contributed by atoms with van der Waals surface area (Å²) >= 11 is 0. The second-order valence-electron chi connectivity index (χ2n) is 4.58. The number of nitrogens with one attached hydrogen (secondary N) is 1. The Labute approximate surface area is 103 Å². The number of imidazole rings is 1. The number of aryl methyl sites for hydroxylation is 1. The fourth-order valence-electron chi connectivity index (χ4n) is 2.06. The minimum Gasteiger partial charge on any atom is -0.337 e. The van der Waals surface area contributed by atoms with Crippen LogP contribution in [0.15, 0.2) is 12.5 Å². The molecule has 1 aliphatic rings. The minimum atomic E-state index is 0. The van der Waals surface area contributed by atoms with Gasteiger partial charge >= 0.3 is 0 Å². The summed E-state index contributed by atoms with van der Waals surface area (Å²) in [5, 5.41) is 3.49. The van der Waals surface area contributed by atoms with Crippen molar-refractivity contribution in [2.75, 3.05) is 13.1 Å². The van der Waals surface area contributed by atoms with Crippen LogP contribution in [-0.2, 0) is 13.6 Å². The molecule has 1 aliphatic heterocycles. The molecule has 1 aromatic heterocycles. The topological polar surface area (TPSA) is 33.1 Å². The molecule has 16 heavy (non-hydrogen) atoms. The van der Waals surface area contributed by atoms with Gasteiger partial charge in [-0.05, 0) is 13.8 Å². The zero-order valence-corrected chi connectivity index (χ0v) is 11.0. The van der Waals surface area contributed by atoms with Crippen molar-refractivity contribution in [3.8, 4) is 0 Å². The van der Waals surface area contributed by atoms with Crippen LogP contribution < -0.4 is 5.32 Å². The summed E-state index contributed by atoms with van der Waals surface area (Å²) in [5.41, 5.74) is 1.29. The van der Waals surface area contributed by atoms with E-state index in [2.05, 4.69) is 40.7 Å². The van der Waals surface area contributed by atoms with E-state index in [9.17, 15) is 0 Å². The van der Waals surface area contributed by atoms with Crippen LogP contribution in [0.5, 0.6) is 0 Å². The summed E-state index contributed by atoms with van der Waals surface area (Å²) in [4.78, 5) is 6.66. The van der Waals surface area contributed by atoms with Crippen LogP contribution in [0.2, 0.25) is 0 Å². The average Bonchev–Trinajstić information content (AvgIpc) is 2.58. The lowest BCUT2D eigenvalue weighted by molar-refractivity contribution is 0.136. The lowest BCUT2D eigenvalue weighted by atomic mass is 10.1. The predicted molar refractivity (Wildman–Crippen MR) is 67.8 cm³/mol. The molecule has 1 N–H and O–H groups in total. The zero-order chi connectivity index (χ0) is 10.8. The number of aromatic nitrogens is 2. The Hall–Kier alpha value is -0.580. The molecule has 1 saturated heterocycles. The monoisotopic (exact) mass is 244 g/mol. The molecule has 0 spiro atoms. The quantitative estimate of drug-likeness (QED) is 0.844. The van der Waals surface area contributed by atoms with E-state index in [-0.39, 0.29) is 12.4 Å². The highest BCUT2D eigenvalue weighted by Crippen LogP contribution is 2.11. The van der Waals surface area contributed by atoms with Crippen LogP contribution in [0.25, 0.3) is 0 Å². The molecule has 1 aromatic rings. The van der Waals surface area contributed by atoms with Gasteiger partial charge in [0.15, 0.2) is 0 Å². The van der Waals surface area contributed by atoms with Crippen molar-refractivity contribution in [1.82, 2.24) is 19.8 Å². The van der Waals surface area contributed by atoms with Gasteiger partial charge in [-0.1, -0.05) is 0 Å². The number of nitrogens with zero attached hydrogens (tertiary/aromatic N) is 3. The van der Waals surface area contributed by atoms with Gasteiger partial charge in [-0.3, -0.25) is 4.90 Å². The molecule has 2 atom stereocenters. The fourth-order valence-corrected chi connectivity index (χ4v) is 2.06. The summed E-state index contributed by atoms with van der Waals surface area (Å²) in [7, 11) is 2.05. The Balaban J connectivity index is 0.00000128. The van der Waals surface area contributed by atoms with Crippen LogP contribution in [0.1, 0.15) is 19.5 Å². The van der Waals surface area contributed by atoms with Crippen LogP contribution in [0.3, 0.4) is 0 Å². The molecule has 0 amide bonds. The second kappa shape index (κ2) is 5.66. The van der Waals surface area contributed by atoms with Crippen LogP contribution in [0, 0.1) is 0 Å². The van der Waals surface area contributed by atoms with Crippen molar-refractivity contribution in [2.24, 2.45) is 7.05 Å². The average molecular weight is 245 g/mol. The van der Waals surface area contributed by atoms with Crippen LogP contribution in [-0.4, -0.2) is 39.6 Å². The first-order valence-electron chi connectivity index (χ1n) is 5.59. The lowest BCUT2D eigenvalue weighted by Crippen LogP contribution is -2.53. The highest BCUT2D eigenvalue weighted by Gasteiger charge is 2.22. The van der Waals surface area contributed by atoms with E-state index in [0.29, 0.717) is 12.1 Å². The third kappa shape index (κ3) is 2.97. The maximum Gasteiger partial charge on any atom is 0.0945 e. The van der Waals surface area contributed by atoms with Crippen LogP contribution in [0.4, 0.5) is 0 Å². The SMILES string of the molecule is CC1CN(Cc2cncn2C)C(C)CN1.Cl. The maximum absolute atomic E-state index is 4.15. The molecule has 1 fully saturated rings. The third-order valence-electron chi connectivity index (χ3n) is 3.17. The van der Waals surface area contributed by atoms with Gasteiger partial charge in [0, 0.05) is 45.0 Å². The summed E-state index contributed by atoms with van der Waals surface area (Å²) in [6.07, 6.45) is 3.82. The third-order valence-corrected chi connectivity index (χ3v) is 3.17. The molecule has 2 rings (SSSR count). The second-order valence-corrected chi connectivity index (χ2v) is 4.58. The highest BCUT2D eigenvalue weighted by atomic mass is 35.5. The summed E-state index contributed by atoms with van der Waals surface area (Å²) in [5.74, 6) is 0. The Morgan fingerprint density at radius 2 is 2.25 bits per heavy atom. The van der Waals surface area contributed by atoms with E-state index < -0.39 is 0 Å². The molecule has 0 radical (unpaired) electrons. The minimum absolute atomic E-state index is 0. The van der Waals surface area contributed by atoms with Crippen LogP contribution >= 0.6 is 12.4 Å². The van der Waals surface area contributed by atoms with Gasteiger partial charge in [-0.15, -0.1) is 12.4 Å². The molecular formula is C11H21ClN4. The number of halogens is 1. The molecule has 0 bridgehead atoms. The lowest BCUT2D eigenvalue weighted by Gasteiger charge is -2.37. The first kappa shape index (κ1) is 13.5. The molecular weight excluding hydrogens is 224 g/mol. The van der Waals surface area contributed by atoms with Crippen molar-refractivity contribution < 1.29 is 0 Å². The first-order chi connectivity index (χ1) is 7.16. The van der Waals surface area contributed by atoms with Crippen molar-refractivity contribution in [3.63, 3.8) is 0 Å². The fraction of sp³-hybridized carbons (Fsp3) is 0.727. The van der Waals surface area contributed by atoms with E-state index in [1.54, 1.807) is 0 Å². The number of piperazine rings is 1. The van der Waals surface area contributed by atoms with Crippen molar-refractivity contribution >= 4 is 12.4 Å². The van der Waals surface area contributed by atoms with Gasteiger partial charge in [0.1, 0.15) is 0 Å². The molecule has 2 heterocycles. The summed E-state index contributed by atoms with van der Waals surface area (Å²) < 4.78 is 2.10. The van der Waals surface area contributed by atoms with Gasteiger partial charge in [-0.2, -0.15) is 0 Å². The van der Waals surface area contributed by atoms with E-state index in [1.807, 2.05) is 12.5 Å². The summed E-state index contributed by atoms with van der Waals surface area (Å²) in [6, 6.07) is 1.20. The predicted octanol–water partition coefficient (Wildman–Crippen LogP) is 1.02. The molecule has 92 valence electrons. The Morgan fingerprint density at radius 3 is 2.88 bits per heavy atom. The van der Waals surface area contributed by atoms with Gasteiger partial charge in [0.2, 0.25) is 0 Å². The molecule has 4 nitrogen and oxygen atoms in total. The normalized spacial score (nSPS) is 26.4. The van der Waals surface area contributed by atoms with Gasteiger partial charge in [0.05, 0.1) is 12.0 Å². The molecule has 0 saturated carbocycles. The molecule has 0 aliphatic carbocycles. The number of hydrogen-bond donors (Lipinski definition) is 1. The summed E-state index contributed by atoms with van der Waals surface area (Å²) in [6.45, 7) is 7.71. The van der Waals surface area contributed by atoms with E-state index in [0.717, 1.165) is 19.6 Å². The van der Waals surface area contributed by atoms with Crippen molar-refractivity contribution in [3.05, 3.63) is 18.2 Å².